The molecule has 57 heavy (non-hydrogen) atoms. The molecule has 7 heteroatoms. The zero-order valence-corrected chi connectivity index (χ0v) is 36.3. The van der Waals surface area contributed by atoms with Crippen LogP contribution in [0.3, 0.4) is 0 Å². The lowest BCUT2D eigenvalue weighted by atomic mass is 10.0. The topological polar surface area (TPSA) is 68.2 Å². The summed E-state index contributed by atoms with van der Waals surface area (Å²) in [6.45, 7) is 5.94. The Kier molecular flexibility index (Phi) is 22.0. The Hall–Kier alpha value is -3.54. The number of rotatable bonds is 30. The smallest absolute Gasteiger partial charge is 0.134 e. The number of unbranched alkanes of at least 4 members (excludes halogenated alkanes) is 18. The molecule has 0 aliphatic carbocycles. The maximum atomic E-state index is 10.6. The first kappa shape index (κ1) is 46.2. The van der Waals surface area contributed by atoms with E-state index in [0.717, 1.165) is 35.5 Å². The van der Waals surface area contributed by atoms with Gasteiger partial charge in [0.1, 0.15) is 34.5 Å². The summed E-state index contributed by atoms with van der Waals surface area (Å²) in [5.41, 5.74) is 3.29. The minimum atomic E-state index is -0.0186. The number of aromatic hydroxyl groups is 2. The number of phenolic OH excluding ortho intramolecular Hbond substituents is 2. The molecule has 0 aliphatic rings. The summed E-state index contributed by atoms with van der Waals surface area (Å²) >= 11 is 13.4. The van der Waals surface area contributed by atoms with Gasteiger partial charge >= 0.3 is 0 Å². The lowest BCUT2D eigenvalue weighted by Crippen LogP contribution is -2.00. The second-order valence-corrected chi connectivity index (χ2v) is 16.3. The molecule has 4 rings (SSSR count). The van der Waals surface area contributed by atoms with Crippen LogP contribution in [-0.2, 0) is 12.8 Å². The van der Waals surface area contributed by atoms with Gasteiger partial charge in [0.05, 0.1) is 23.3 Å². The van der Waals surface area contributed by atoms with Gasteiger partial charge in [-0.2, -0.15) is 0 Å². The van der Waals surface area contributed by atoms with E-state index in [1.807, 2.05) is 48.5 Å². The van der Waals surface area contributed by atoms with Gasteiger partial charge in [-0.1, -0.05) is 177 Å². The van der Waals surface area contributed by atoms with Crippen LogP contribution in [0.4, 0.5) is 0 Å². The van der Waals surface area contributed by atoms with Crippen molar-refractivity contribution in [2.24, 2.45) is 0 Å². The predicted octanol–water partition coefficient (Wildman–Crippen LogP) is 16.0. The molecule has 0 spiro atoms. The van der Waals surface area contributed by atoms with Crippen LogP contribution >= 0.6 is 23.2 Å². The first-order valence-electron chi connectivity index (χ1n) is 22.0. The number of hydrogen-bond acceptors (Lipinski definition) is 5. The molecule has 0 aromatic heterocycles. The van der Waals surface area contributed by atoms with Crippen LogP contribution in [-0.4, -0.2) is 23.4 Å². The van der Waals surface area contributed by atoms with Gasteiger partial charge < -0.3 is 24.4 Å². The van der Waals surface area contributed by atoms with E-state index in [2.05, 4.69) is 13.8 Å². The average molecular weight is 820 g/mol. The molecular weight excluding hydrogens is 751 g/mol. The monoisotopic (exact) mass is 818 g/mol. The summed E-state index contributed by atoms with van der Waals surface area (Å²) in [4.78, 5) is 0. The molecule has 0 saturated carbocycles. The quantitative estimate of drug-likeness (QED) is 0.0513. The van der Waals surface area contributed by atoms with E-state index in [-0.39, 0.29) is 21.5 Å². The third-order valence-corrected chi connectivity index (χ3v) is 11.6. The Morgan fingerprint density at radius 1 is 0.404 bits per heavy atom. The number of phenols is 2. The van der Waals surface area contributed by atoms with E-state index in [4.69, 9.17) is 37.4 Å². The summed E-state index contributed by atoms with van der Waals surface area (Å²) in [5.74, 6) is 2.64. The van der Waals surface area contributed by atoms with Crippen LogP contribution in [0.25, 0.3) is 0 Å². The van der Waals surface area contributed by atoms with Gasteiger partial charge in [0.2, 0.25) is 0 Å². The molecule has 312 valence electrons. The van der Waals surface area contributed by atoms with Crippen molar-refractivity contribution in [2.75, 3.05) is 13.2 Å². The molecule has 0 radical (unpaired) electrons. The van der Waals surface area contributed by atoms with Crippen molar-refractivity contribution >= 4 is 23.2 Å². The molecule has 0 saturated heterocycles. The molecule has 0 heterocycles. The number of halogens is 2. The van der Waals surface area contributed by atoms with E-state index in [1.54, 1.807) is 12.1 Å². The van der Waals surface area contributed by atoms with Crippen LogP contribution in [0.2, 0.25) is 10.0 Å². The first-order chi connectivity index (χ1) is 27.9. The Morgan fingerprint density at radius 2 is 0.719 bits per heavy atom. The Labute approximate surface area is 354 Å². The highest BCUT2D eigenvalue weighted by Crippen LogP contribution is 2.42. The van der Waals surface area contributed by atoms with E-state index >= 15 is 0 Å². The van der Waals surface area contributed by atoms with Gasteiger partial charge in [-0.3, -0.25) is 0 Å². The van der Waals surface area contributed by atoms with Gasteiger partial charge in [-0.25, -0.2) is 0 Å². The Balaban J connectivity index is 1.28. The molecule has 5 nitrogen and oxygen atoms in total. The summed E-state index contributed by atoms with van der Waals surface area (Å²) in [6.07, 6.45) is 26.8. The highest BCUT2D eigenvalue weighted by molar-refractivity contribution is 6.33. The largest absolute Gasteiger partial charge is 0.506 e. The van der Waals surface area contributed by atoms with Crippen LogP contribution in [0.5, 0.6) is 34.5 Å². The van der Waals surface area contributed by atoms with Gasteiger partial charge in [-0.05, 0) is 72.5 Å². The van der Waals surface area contributed by atoms with Gasteiger partial charge in [-0.15, -0.1) is 0 Å². The molecular formula is C50H68Cl2O5. The molecule has 4 aromatic rings. The third-order valence-electron chi connectivity index (χ3n) is 10.7. The summed E-state index contributed by atoms with van der Waals surface area (Å²) < 4.78 is 18.6. The minimum absolute atomic E-state index is 0.0186. The maximum Gasteiger partial charge on any atom is 0.134 e. The minimum Gasteiger partial charge on any atom is -0.506 e. The van der Waals surface area contributed by atoms with Crippen LogP contribution in [0, 0.1) is 0 Å². The molecule has 0 amide bonds. The van der Waals surface area contributed by atoms with Crippen molar-refractivity contribution in [1.29, 1.82) is 0 Å². The number of benzene rings is 4. The highest BCUT2D eigenvalue weighted by Gasteiger charge is 2.19. The first-order valence-corrected chi connectivity index (χ1v) is 22.8. The second kappa shape index (κ2) is 27.2. The normalized spacial score (nSPS) is 11.2. The van der Waals surface area contributed by atoms with E-state index in [1.165, 1.54) is 128 Å². The van der Waals surface area contributed by atoms with Gasteiger partial charge in [0.15, 0.2) is 0 Å². The van der Waals surface area contributed by atoms with Crippen LogP contribution < -0.4 is 14.2 Å². The van der Waals surface area contributed by atoms with Crippen molar-refractivity contribution in [3.05, 3.63) is 105 Å². The van der Waals surface area contributed by atoms with Gasteiger partial charge in [0, 0.05) is 24.0 Å². The van der Waals surface area contributed by atoms with E-state index in [0.29, 0.717) is 48.7 Å². The lowest BCUT2D eigenvalue weighted by Gasteiger charge is -2.18. The highest BCUT2D eigenvalue weighted by atomic mass is 35.5. The molecule has 0 atom stereocenters. The number of hydrogen-bond donors (Lipinski definition) is 2. The number of ether oxygens (including phenoxy) is 3. The summed E-state index contributed by atoms with van der Waals surface area (Å²) in [7, 11) is 0. The molecule has 0 bridgehead atoms. The Morgan fingerprint density at radius 3 is 1.05 bits per heavy atom. The van der Waals surface area contributed by atoms with Crippen molar-refractivity contribution < 1.29 is 24.4 Å². The standard InChI is InChI=1S/C50H68Cl2O5/c1-3-5-7-9-11-13-15-17-19-21-35-55-41-27-23-39(24-28-41)37-43-47(33-31-45(53)49(43)51)57-48-34-32-46(54)50(52)44(48)38-40-25-29-42(30-26-40)56-36-22-20-18-16-14-12-10-8-6-4-2/h23-34,53-54H,3-22,35-38H2,1-2H3. The SMILES string of the molecule is CCCCCCCCCCCCOc1ccc(Cc2c(Oc3ccc(O)c(Cl)c3Cc3ccc(OCCCCCCCCCCCC)cc3)ccc(O)c2Cl)cc1. The fourth-order valence-corrected chi connectivity index (χ4v) is 7.64. The zero-order valence-electron chi connectivity index (χ0n) is 34.8. The second-order valence-electron chi connectivity index (χ2n) is 15.6. The fourth-order valence-electron chi connectivity index (χ4n) is 7.20. The fraction of sp³-hybridized carbons (Fsp3) is 0.520. The zero-order chi connectivity index (χ0) is 40.5. The Bertz CT molecular complexity index is 1560. The average Bonchev–Trinajstić information content (AvgIpc) is 3.22. The van der Waals surface area contributed by atoms with Crippen molar-refractivity contribution in [2.45, 2.75) is 155 Å². The summed E-state index contributed by atoms with van der Waals surface area (Å²) in [6, 6.07) is 22.5. The van der Waals surface area contributed by atoms with E-state index in [9.17, 15) is 10.2 Å². The molecule has 2 N–H and O–H groups in total. The lowest BCUT2D eigenvalue weighted by molar-refractivity contribution is 0.304. The molecule has 0 fully saturated rings. The maximum absolute atomic E-state index is 10.6. The van der Waals surface area contributed by atoms with Crippen molar-refractivity contribution in [3.63, 3.8) is 0 Å². The van der Waals surface area contributed by atoms with E-state index < -0.39 is 0 Å². The third kappa shape index (κ3) is 17.1. The van der Waals surface area contributed by atoms with Gasteiger partial charge in [0.25, 0.3) is 0 Å². The molecule has 0 unspecified atom stereocenters. The van der Waals surface area contributed by atoms with Crippen LogP contribution in [0.15, 0.2) is 72.8 Å². The molecule has 0 aliphatic heterocycles. The predicted molar refractivity (Wildman–Crippen MR) is 239 cm³/mol. The summed E-state index contributed by atoms with van der Waals surface area (Å²) in [5, 5.41) is 21.6. The van der Waals surface area contributed by atoms with Crippen molar-refractivity contribution in [1.82, 2.24) is 0 Å². The molecule has 4 aromatic carbocycles. The van der Waals surface area contributed by atoms with Crippen LogP contribution in [0.1, 0.15) is 165 Å². The van der Waals surface area contributed by atoms with Crippen molar-refractivity contribution in [3.8, 4) is 34.5 Å².